The van der Waals surface area contributed by atoms with Crippen LogP contribution in [-0.4, -0.2) is 48.1 Å². The van der Waals surface area contributed by atoms with Gasteiger partial charge in [-0.25, -0.2) is 9.48 Å². The second kappa shape index (κ2) is 12.5. The largest absolute Gasteiger partial charge is 0.444 e. The summed E-state index contributed by atoms with van der Waals surface area (Å²) in [5, 5.41) is 10.7. The third-order valence-corrected chi connectivity index (χ3v) is 9.39. The highest BCUT2D eigenvalue weighted by Crippen LogP contribution is 2.51. The number of nitrogens with zero attached hydrogens (tertiary/aromatic N) is 2. The van der Waals surface area contributed by atoms with E-state index in [1.807, 2.05) is 62.7 Å². The molecule has 0 bridgehead atoms. The van der Waals surface area contributed by atoms with Gasteiger partial charge in [0.05, 0.1) is 11.4 Å². The number of carbonyl (C=O) groups excluding carboxylic acids is 2. The van der Waals surface area contributed by atoms with Gasteiger partial charge in [-0.2, -0.15) is 5.10 Å². The minimum Gasteiger partial charge on any atom is -0.444 e. The van der Waals surface area contributed by atoms with Gasteiger partial charge in [-0.15, -0.1) is 0 Å². The molecule has 1 atom stereocenters. The van der Waals surface area contributed by atoms with Crippen LogP contribution in [0.25, 0.3) is 17.2 Å². The minimum atomic E-state index is -1.16. The molecule has 1 aromatic heterocycles. The molecule has 0 aliphatic heterocycles. The Morgan fingerprint density at radius 1 is 1.12 bits per heavy atom. The van der Waals surface area contributed by atoms with E-state index in [9.17, 15) is 9.59 Å². The summed E-state index contributed by atoms with van der Waals surface area (Å²) in [6.45, 7) is 19.6. The smallest absolute Gasteiger partial charge is 0.408 e. The average Bonchev–Trinajstić information content (AvgIpc) is 3.79. The highest BCUT2D eigenvalue weighted by atomic mass is 28.3. The molecule has 2 amide bonds. The van der Waals surface area contributed by atoms with Crippen molar-refractivity contribution in [3.8, 4) is 11.1 Å². The fraction of sp³-hybridized carbons (Fsp3) is 0.594. The van der Waals surface area contributed by atoms with E-state index in [1.54, 1.807) is 0 Å². The van der Waals surface area contributed by atoms with Gasteiger partial charge in [-0.05, 0) is 101 Å². The van der Waals surface area contributed by atoms with Crippen LogP contribution in [-0.2, 0) is 21.0 Å². The summed E-state index contributed by atoms with van der Waals surface area (Å²) in [5.74, 6) is 0.899. The minimum absolute atomic E-state index is 0.137. The Morgan fingerprint density at radius 3 is 2.24 bits per heavy atom. The van der Waals surface area contributed by atoms with Gasteiger partial charge in [0.2, 0.25) is 5.91 Å². The van der Waals surface area contributed by atoms with Gasteiger partial charge >= 0.3 is 6.09 Å². The second-order valence-corrected chi connectivity index (χ2v) is 19.5. The summed E-state index contributed by atoms with van der Waals surface area (Å²) >= 11 is 0. The van der Waals surface area contributed by atoms with Crippen LogP contribution in [0.5, 0.6) is 0 Å². The number of alkyl carbamates (subject to hydrolysis) is 1. The van der Waals surface area contributed by atoms with E-state index in [0.717, 1.165) is 60.8 Å². The monoisotopic (exact) mass is 580 g/mol. The predicted octanol–water partition coefficient (Wildman–Crippen LogP) is 7.08. The fourth-order valence-corrected chi connectivity index (χ4v) is 6.15. The van der Waals surface area contributed by atoms with Crippen LogP contribution in [0, 0.1) is 24.7 Å². The van der Waals surface area contributed by atoms with Gasteiger partial charge in [-0.3, -0.25) is 4.79 Å². The van der Waals surface area contributed by atoms with Crippen molar-refractivity contribution in [2.45, 2.75) is 97.4 Å². The lowest BCUT2D eigenvalue weighted by atomic mass is 9.88. The van der Waals surface area contributed by atoms with E-state index in [-0.39, 0.29) is 11.8 Å². The van der Waals surface area contributed by atoms with Crippen LogP contribution in [0.3, 0.4) is 0 Å². The molecule has 0 unspecified atom stereocenters. The molecule has 0 spiro atoms. The third kappa shape index (κ3) is 8.79. The van der Waals surface area contributed by atoms with Gasteiger partial charge in [0, 0.05) is 25.9 Å². The predicted molar refractivity (Wildman–Crippen MR) is 167 cm³/mol. The molecule has 2 N–H and O–H groups in total. The number of hydrogen-bond donors (Lipinski definition) is 2. The number of hydrogen-bond acceptors (Lipinski definition) is 5. The van der Waals surface area contributed by atoms with Crippen LogP contribution in [0.2, 0.25) is 25.7 Å². The Balaban J connectivity index is 1.46. The highest BCUT2D eigenvalue weighted by Gasteiger charge is 2.48. The first-order valence-electron chi connectivity index (χ1n) is 14.9. The van der Waals surface area contributed by atoms with Crippen molar-refractivity contribution in [3.63, 3.8) is 0 Å². The van der Waals surface area contributed by atoms with Crippen LogP contribution >= 0.6 is 0 Å². The number of aromatic nitrogens is 2. The van der Waals surface area contributed by atoms with E-state index in [2.05, 4.69) is 36.9 Å². The molecule has 2 aliphatic rings. The maximum absolute atomic E-state index is 13.6. The number of benzene rings is 1. The molecule has 2 aromatic rings. The first-order valence-corrected chi connectivity index (χ1v) is 18.6. The Kier molecular flexibility index (Phi) is 9.48. The highest BCUT2D eigenvalue weighted by molar-refractivity contribution is 6.76. The molecular weight excluding hydrogens is 532 g/mol. The Hall–Kier alpha value is -2.91. The molecule has 2 saturated carbocycles. The van der Waals surface area contributed by atoms with Gasteiger partial charge in [0.25, 0.3) is 0 Å². The van der Waals surface area contributed by atoms with Crippen molar-refractivity contribution in [2.24, 2.45) is 17.8 Å². The summed E-state index contributed by atoms with van der Waals surface area (Å²) in [4.78, 5) is 26.3. The van der Waals surface area contributed by atoms with E-state index in [1.165, 1.54) is 0 Å². The normalized spacial score (nSPS) is 16.4. The van der Waals surface area contributed by atoms with Gasteiger partial charge in [-0.1, -0.05) is 38.4 Å². The summed E-state index contributed by atoms with van der Waals surface area (Å²) in [6, 6.07) is 8.24. The van der Waals surface area contributed by atoms with E-state index in [0.29, 0.717) is 24.3 Å². The molecule has 224 valence electrons. The summed E-state index contributed by atoms with van der Waals surface area (Å²) < 4.78 is 13.3. The van der Waals surface area contributed by atoms with E-state index >= 15 is 0 Å². The maximum Gasteiger partial charge on any atom is 0.408 e. The van der Waals surface area contributed by atoms with Crippen molar-refractivity contribution in [1.29, 1.82) is 0 Å². The topological polar surface area (TPSA) is 94.5 Å². The molecular formula is C32H48N4O4Si. The average molecular weight is 581 g/mol. The summed E-state index contributed by atoms with van der Waals surface area (Å²) in [5.41, 5.74) is 3.83. The van der Waals surface area contributed by atoms with Gasteiger partial charge in [0.15, 0.2) is 0 Å². The lowest BCUT2D eigenvalue weighted by Gasteiger charge is -2.29. The van der Waals surface area contributed by atoms with Crippen LogP contribution in [0.1, 0.15) is 57.8 Å². The zero-order chi connectivity index (χ0) is 29.9. The quantitative estimate of drug-likeness (QED) is 0.195. The molecule has 2 fully saturated rings. The molecule has 4 rings (SSSR count). The molecule has 1 aromatic carbocycles. The standard InChI is InChI=1S/C32H48N4O4Si/c1-9-26-27(21(2)35-36(26)20-39-18-19-41(6,7)8)22-14-16-25(17-15-22)33-30(37)29(34-31(38)40-32(3,4)5)28(23-10-11-23)24-12-13-24/h9,14-17,23-24,28-29H,1,10-13,18-20H2,2-8H3,(H,33,37)(H,34,38)/t29-/m0/s1. The van der Waals surface area contributed by atoms with Crippen LogP contribution in [0.4, 0.5) is 10.5 Å². The Bertz CT molecular complexity index is 1220. The third-order valence-electron chi connectivity index (χ3n) is 7.68. The zero-order valence-electron chi connectivity index (χ0n) is 25.9. The number of rotatable bonds is 13. The summed E-state index contributed by atoms with van der Waals surface area (Å²) in [7, 11) is -1.16. The lowest BCUT2D eigenvalue weighted by molar-refractivity contribution is -0.120. The Morgan fingerprint density at radius 2 is 1.73 bits per heavy atom. The maximum atomic E-state index is 13.6. The SMILES string of the molecule is C=Cc1c(-c2ccc(NC(=O)[C@@H](NC(=O)OC(C)(C)C)C(C3CC3)C3CC3)cc2)c(C)nn1COCC[Si](C)(C)C. The number of aryl methyl sites for hydroxylation is 1. The first-order chi connectivity index (χ1) is 19.3. The molecule has 41 heavy (non-hydrogen) atoms. The fourth-order valence-electron chi connectivity index (χ4n) is 5.39. The van der Waals surface area contributed by atoms with Crippen molar-refractivity contribution < 1.29 is 19.1 Å². The Labute approximate surface area is 246 Å². The van der Waals surface area contributed by atoms with E-state index < -0.39 is 25.8 Å². The van der Waals surface area contributed by atoms with Gasteiger partial charge in [0.1, 0.15) is 18.4 Å². The number of nitrogens with one attached hydrogen (secondary N) is 2. The van der Waals surface area contributed by atoms with Crippen LogP contribution < -0.4 is 10.6 Å². The van der Waals surface area contributed by atoms with Crippen molar-refractivity contribution in [2.75, 3.05) is 11.9 Å². The van der Waals surface area contributed by atoms with Crippen molar-refractivity contribution in [1.82, 2.24) is 15.1 Å². The summed E-state index contributed by atoms with van der Waals surface area (Å²) in [6.07, 6.45) is 5.70. The second-order valence-electron chi connectivity index (χ2n) is 13.8. The van der Waals surface area contributed by atoms with Crippen molar-refractivity contribution in [3.05, 3.63) is 42.2 Å². The zero-order valence-corrected chi connectivity index (χ0v) is 26.9. The van der Waals surface area contributed by atoms with Crippen molar-refractivity contribution >= 4 is 31.8 Å². The van der Waals surface area contributed by atoms with Crippen LogP contribution in [0.15, 0.2) is 30.8 Å². The van der Waals surface area contributed by atoms with Gasteiger partial charge < -0.3 is 20.1 Å². The lowest BCUT2D eigenvalue weighted by Crippen LogP contribution is -2.51. The number of amides is 2. The molecule has 0 saturated heterocycles. The molecule has 0 radical (unpaired) electrons. The molecule has 9 heteroatoms. The number of anilines is 1. The molecule has 1 heterocycles. The number of ether oxygens (including phenoxy) is 2. The molecule has 8 nitrogen and oxygen atoms in total. The first kappa shape index (κ1) is 31.0. The number of carbonyl (C=O) groups is 2. The van der Waals surface area contributed by atoms with E-state index in [4.69, 9.17) is 14.6 Å². The molecule has 2 aliphatic carbocycles.